The van der Waals surface area contributed by atoms with Gasteiger partial charge in [0, 0.05) is 6.54 Å². The van der Waals surface area contributed by atoms with Gasteiger partial charge in [-0.3, -0.25) is 0 Å². The lowest BCUT2D eigenvalue weighted by Crippen LogP contribution is -2.33. The predicted molar refractivity (Wildman–Crippen MR) is 49.8 cm³/mol. The standard InChI is InChI=1S/C6H15NO2S.ClH/c1-6(2,3)10(8,9)5-4-7;/h4-5,7H2,1-3H3;1H. The zero-order valence-corrected chi connectivity index (χ0v) is 8.76. The van der Waals surface area contributed by atoms with Crippen LogP contribution in [0.1, 0.15) is 20.8 Å². The Kier molecular flexibility index (Phi) is 5.36. The maximum atomic E-state index is 11.2. The molecule has 0 aliphatic heterocycles. The molecule has 0 amide bonds. The van der Waals surface area contributed by atoms with Crippen molar-refractivity contribution in [3.05, 3.63) is 0 Å². The molecule has 0 rings (SSSR count). The van der Waals surface area contributed by atoms with Crippen molar-refractivity contribution in [3.63, 3.8) is 0 Å². The summed E-state index contributed by atoms with van der Waals surface area (Å²) in [4.78, 5) is 0. The Morgan fingerprint density at radius 2 is 1.64 bits per heavy atom. The monoisotopic (exact) mass is 201 g/mol. The van der Waals surface area contributed by atoms with Crippen molar-refractivity contribution in [3.8, 4) is 0 Å². The molecule has 0 heterocycles. The Hall–Kier alpha value is 0.200. The fourth-order valence-corrected chi connectivity index (χ4v) is 1.38. The molecule has 5 heteroatoms. The second-order valence-corrected chi connectivity index (χ2v) is 6.08. The van der Waals surface area contributed by atoms with Gasteiger partial charge in [-0.1, -0.05) is 0 Å². The summed E-state index contributed by atoms with van der Waals surface area (Å²) in [6.07, 6.45) is 0. The highest BCUT2D eigenvalue weighted by Gasteiger charge is 2.27. The van der Waals surface area contributed by atoms with Gasteiger partial charge in [-0.15, -0.1) is 12.4 Å². The third-order valence-electron chi connectivity index (χ3n) is 1.32. The van der Waals surface area contributed by atoms with Crippen LogP contribution in [0.4, 0.5) is 0 Å². The average molecular weight is 202 g/mol. The molecule has 11 heavy (non-hydrogen) atoms. The smallest absolute Gasteiger partial charge is 0.156 e. The second-order valence-electron chi connectivity index (χ2n) is 3.22. The highest BCUT2D eigenvalue weighted by atomic mass is 35.5. The van der Waals surface area contributed by atoms with Gasteiger partial charge in [-0.25, -0.2) is 8.42 Å². The van der Waals surface area contributed by atoms with Crippen molar-refractivity contribution in [2.75, 3.05) is 12.3 Å². The van der Waals surface area contributed by atoms with E-state index in [4.69, 9.17) is 5.73 Å². The summed E-state index contributed by atoms with van der Waals surface area (Å²) in [5.41, 5.74) is 5.13. The van der Waals surface area contributed by atoms with Crippen LogP contribution < -0.4 is 5.73 Å². The first-order valence-corrected chi connectivity index (χ1v) is 4.89. The summed E-state index contributed by atoms with van der Waals surface area (Å²) in [5.74, 6) is 0.0799. The van der Waals surface area contributed by atoms with Gasteiger partial charge in [0.05, 0.1) is 10.5 Å². The van der Waals surface area contributed by atoms with Gasteiger partial charge in [-0.2, -0.15) is 0 Å². The topological polar surface area (TPSA) is 60.2 Å². The van der Waals surface area contributed by atoms with Crippen LogP contribution in [0.3, 0.4) is 0 Å². The van der Waals surface area contributed by atoms with Gasteiger partial charge >= 0.3 is 0 Å². The summed E-state index contributed by atoms with van der Waals surface area (Å²) < 4.78 is 21.7. The maximum absolute atomic E-state index is 11.2. The number of sulfone groups is 1. The summed E-state index contributed by atoms with van der Waals surface area (Å²) in [6.45, 7) is 5.24. The van der Waals surface area contributed by atoms with Gasteiger partial charge in [0.2, 0.25) is 0 Å². The molecule has 0 saturated carbocycles. The second kappa shape index (κ2) is 4.28. The van der Waals surface area contributed by atoms with Crippen molar-refractivity contribution >= 4 is 22.2 Å². The first-order valence-electron chi connectivity index (χ1n) is 3.23. The van der Waals surface area contributed by atoms with E-state index in [2.05, 4.69) is 0 Å². The van der Waals surface area contributed by atoms with Crippen LogP contribution in [0.2, 0.25) is 0 Å². The van der Waals surface area contributed by atoms with Gasteiger partial charge in [0.25, 0.3) is 0 Å². The third kappa shape index (κ3) is 3.94. The molecule has 0 fully saturated rings. The lowest BCUT2D eigenvalue weighted by molar-refractivity contribution is 0.560. The van der Waals surface area contributed by atoms with Gasteiger partial charge in [0.15, 0.2) is 9.84 Å². The van der Waals surface area contributed by atoms with Crippen LogP contribution >= 0.6 is 12.4 Å². The number of hydrogen-bond acceptors (Lipinski definition) is 3. The molecule has 0 unspecified atom stereocenters. The normalized spacial score (nSPS) is 12.4. The van der Waals surface area contributed by atoms with Crippen molar-refractivity contribution in [2.24, 2.45) is 5.73 Å². The van der Waals surface area contributed by atoms with Crippen LogP contribution in [-0.2, 0) is 9.84 Å². The van der Waals surface area contributed by atoms with Crippen molar-refractivity contribution in [2.45, 2.75) is 25.5 Å². The predicted octanol–water partition coefficient (Wildman–Crippen LogP) is 0.580. The molecule has 0 aromatic carbocycles. The number of hydrogen-bond donors (Lipinski definition) is 1. The van der Waals surface area contributed by atoms with Gasteiger partial charge in [-0.05, 0) is 20.8 Å². The average Bonchev–Trinajstić information content (AvgIpc) is 1.61. The molecule has 0 aromatic rings. The minimum Gasteiger partial charge on any atom is -0.329 e. The van der Waals surface area contributed by atoms with Crippen molar-refractivity contribution < 1.29 is 8.42 Å². The summed E-state index contributed by atoms with van der Waals surface area (Å²) in [7, 11) is -2.97. The molecule has 0 saturated heterocycles. The lowest BCUT2D eigenvalue weighted by Gasteiger charge is -2.17. The third-order valence-corrected chi connectivity index (χ3v) is 3.96. The van der Waals surface area contributed by atoms with E-state index in [0.717, 1.165) is 0 Å². The Morgan fingerprint density at radius 3 is 1.73 bits per heavy atom. The van der Waals surface area contributed by atoms with Crippen molar-refractivity contribution in [1.29, 1.82) is 0 Å². The van der Waals surface area contributed by atoms with E-state index in [9.17, 15) is 8.42 Å². The minimum absolute atomic E-state index is 0. The van der Waals surface area contributed by atoms with Gasteiger partial charge < -0.3 is 5.73 Å². The molecule has 0 bridgehead atoms. The SMILES string of the molecule is CC(C)(C)S(=O)(=O)CCN.Cl. The minimum atomic E-state index is -2.97. The molecular formula is C6H16ClNO2S. The largest absolute Gasteiger partial charge is 0.329 e. The highest BCUT2D eigenvalue weighted by Crippen LogP contribution is 2.14. The Bertz CT molecular complexity index is 193. The Morgan fingerprint density at radius 1 is 1.27 bits per heavy atom. The van der Waals surface area contributed by atoms with Crippen molar-refractivity contribution in [1.82, 2.24) is 0 Å². The van der Waals surface area contributed by atoms with Crippen LogP contribution in [0.15, 0.2) is 0 Å². The lowest BCUT2D eigenvalue weighted by atomic mass is 10.3. The maximum Gasteiger partial charge on any atom is 0.156 e. The van der Waals surface area contributed by atoms with E-state index < -0.39 is 14.6 Å². The molecule has 0 aromatic heterocycles. The number of nitrogens with two attached hydrogens (primary N) is 1. The first kappa shape index (κ1) is 13.8. The molecule has 0 radical (unpaired) electrons. The molecule has 0 spiro atoms. The van der Waals surface area contributed by atoms with Crippen LogP contribution in [0, 0.1) is 0 Å². The Balaban J connectivity index is 0. The molecular weight excluding hydrogens is 186 g/mol. The molecule has 2 N–H and O–H groups in total. The zero-order chi connectivity index (χ0) is 8.41. The summed E-state index contributed by atoms with van der Waals surface area (Å²) in [5, 5.41) is 0. The molecule has 70 valence electrons. The van der Waals surface area contributed by atoms with Crippen LogP contribution in [0.5, 0.6) is 0 Å². The number of halogens is 1. The molecule has 0 aliphatic rings. The fraction of sp³-hybridized carbons (Fsp3) is 1.00. The molecule has 0 atom stereocenters. The summed E-state index contributed by atoms with van der Waals surface area (Å²) in [6, 6.07) is 0. The quantitative estimate of drug-likeness (QED) is 0.711. The van der Waals surface area contributed by atoms with E-state index in [-0.39, 0.29) is 24.7 Å². The summed E-state index contributed by atoms with van der Waals surface area (Å²) >= 11 is 0. The van der Waals surface area contributed by atoms with Crippen LogP contribution in [-0.4, -0.2) is 25.5 Å². The van der Waals surface area contributed by atoms with E-state index in [1.807, 2.05) is 0 Å². The van der Waals surface area contributed by atoms with E-state index in [1.54, 1.807) is 20.8 Å². The Labute approximate surface area is 74.7 Å². The van der Waals surface area contributed by atoms with E-state index >= 15 is 0 Å². The van der Waals surface area contributed by atoms with E-state index in [0.29, 0.717) is 0 Å². The number of rotatable bonds is 2. The molecule has 0 aliphatic carbocycles. The fourth-order valence-electron chi connectivity index (χ4n) is 0.461. The first-order chi connectivity index (χ1) is 4.31. The molecule has 3 nitrogen and oxygen atoms in total. The van der Waals surface area contributed by atoms with Crippen LogP contribution in [0.25, 0.3) is 0 Å². The van der Waals surface area contributed by atoms with E-state index in [1.165, 1.54) is 0 Å². The highest BCUT2D eigenvalue weighted by molar-refractivity contribution is 7.92. The van der Waals surface area contributed by atoms with Gasteiger partial charge in [0.1, 0.15) is 0 Å². The zero-order valence-electron chi connectivity index (χ0n) is 7.12.